The highest BCUT2D eigenvalue weighted by molar-refractivity contribution is 6.08. The highest BCUT2D eigenvalue weighted by atomic mass is 16.3. The second-order valence-electron chi connectivity index (χ2n) is 4.49. The third kappa shape index (κ3) is 0.667. The zero-order valence-electron chi connectivity index (χ0n) is 7.72. The zero-order valence-corrected chi connectivity index (χ0v) is 7.72. The third-order valence-corrected chi connectivity index (χ3v) is 3.28. The van der Waals surface area contributed by atoms with Crippen LogP contribution >= 0.6 is 0 Å². The van der Waals surface area contributed by atoms with Crippen LogP contribution in [-0.2, 0) is 4.79 Å². The van der Waals surface area contributed by atoms with Crippen LogP contribution in [0.2, 0.25) is 0 Å². The van der Waals surface area contributed by atoms with Crippen molar-refractivity contribution in [3.8, 4) is 0 Å². The van der Waals surface area contributed by atoms with E-state index in [4.69, 9.17) is 0 Å². The number of Topliss-reactive ketones (excluding diaryl/α,β-unsaturated/α-hetero) is 1. The Labute approximate surface area is 72.3 Å². The maximum atomic E-state index is 11.5. The summed E-state index contributed by atoms with van der Waals surface area (Å²) in [5.74, 6) is 0.0486. The number of hydrogen-bond donors (Lipinski definition) is 1. The van der Waals surface area contributed by atoms with Crippen molar-refractivity contribution in [2.45, 2.75) is 33.3 Å². The van der Waals surface area contributed by atoms with Crippen molar-refractivity contribution in [3.63, 3.8) is 0 Å². The van der Waals surface area contributed by atoms with Crippen molar-refractivity contribution in [1.82, 2.24) is 0 Å². The van der Waals surface area contributed by atoms with Crippen molar-refractivity contribution in [1.29, 1.82) is 0 Å². The number of aliphatic hydroxyl groups is 1. The number of carbonyl (C=O) groups is 1. The van der Waals surface area contributed by atoms with Gasteiger partial charge < -0.3 is 5.11 Å². The van der Waals surface area contributed by atoms with E-state index in [2.05, 4.69) is 0 Å². The van der Waals surface area contributed by atoms with Crippen molar-refractivity contribution in [2.24, 2.45) is 11.3 Å². The Bertz CT molecular complexity index is 286. The molecule has 0 heterocycles. The highest BCUT2D eigenvalue weighted by Crippen LogP contribution is 2.55. The first kappa shape index (κ1) is 7.99. The largest absolute Gasteiger partial charge is 0.392 e. The molecule has 0 aliphatic heterocycles. The molecule has 1 fully saturated rings. The maximum Gasteiger partial charge on any atom is 0.165 e. The van der Waals surface area contributed by atoms with Crippen molar-refractivity contribution >= 4 is 5.78 Å². The molecule has 66 valence electrons. The van der Waals surface area contributed by atoms with E-state index in [0.717, 1.165) is 11.1 Å². The van der Waals surface area contributed by atoms with Gasteiger partial charge >= 0.3 is 0 Å². The van der Waals surface area contributed by atoms with Gasteiger partial charge in [-0.15, -0.1) is 0 Å². The Hall–Kier alpha value is -0.630. The second kappa shape index (κ2) is 1.99. The van der Waals surface area contributed by atoms with Crippen LogP contribution in [0.25, 0.3) is 0 Å². The number of allylic oxidation sites excluding steroid dienone is 1. The summed E-state index contributed by atoms with van der Waals surface area (Å²) in [5, 5.41) is 9.64. The van der Waals surface area contributed by atoms with E-state index in [-0.39, 0.29) is 17.1 Å². The summed E-state index contributed by atoms with van der Waals surface area (Å²) in [7, 11) is 0. The van der Waals surface area contributed by atoms with E-state index in [0.29, 0.717) is 6.42 Å². The Morgan fingerprint density at radius 3 is 2.42 bits per heavy atom. The molecule has 1 N–H and O–H groups in total. The quantitative estimate of drug-likeness (QED) is 0.588. The van der Waals surface area contributed by atoms with Crippen molar-refractivity contribution < 1.29 is 9.90 Å². The molecule has 0 radical (unpaired) electrons. The minimum absolute atomic E-state index is 0.0706. The molecule has 1 unspecified atom stereocenters. The molecule has 12 heavy (non-hydrogen) atoms. The molecule has 0 saturated heterocycles. The summed E-state index contributed by atoms with van der Waals surface area (Å²) < 4.78 is 0. The summed E-state index contributed by atoms with van der Waals surface area (Å²) in [6, 6.07) is 0. The van der Waals surface area contributed by atoms with Gasteiger partial charge in [0.1, 0.15) is 0 Å². The lowest BCUT2D eigenvalue weighted by molar-refractivity contribution is -0.139. The van der Waals surface area contributed by atoms with Crippen LogP contribution < -0.4 is 0 Å². The van der Waals surface area contributed by atoms with Gasteiger partial charge in [0.25, 0.3) is 0 Å². The van der Waals surface area contributed by atoms with Crippen molar-refractivity contribution in [2.75, 3.05) is 0 Å². The number of fused-ring (bicyclic) bond motifs is 2. The molecule has 3 aliphatic rings. The Kier molecular flexibility index (Phi) is 1.33. The van der Waals surface area contributed by atoms with Gasteiger partial charge in [0.2, 0.25) is 0 Å². The maximum absolute atomic E-state index is 11.5. The molecule has 0 aromatic carbocycles. The first-order valence-electron chi connectivity index (χ1n) is 4.38. The number of hydrogen-bond acceptors (Lipinski definition) is 2. The standard InChI is InChI=1S/C10H14O2/c1-5-4-6(11)8-9(12)7(5)10(8,2)3/h6,8,11H,4H2,1-3H3/t6-,8?/m1/s1. The number of ketones is 1. The predicted octanol–water partition coefficient (Wildman–Crippen LogP) is 1.29. The summed E-state index contributed by atoms with van der Waals surface area (Å²) in [4.78, 5) is 11.5. The minimum atomic E-state index is -0.440. The Balaban J connectivity index is 2.52. The number of carbonyl (C=O) groups excluding carboxylic acids is 1. The van der Waals surface area contributed by atoms with Crippen LogP contribution in [0, 0.1) is 11.3 Å². The fraction of sp³-hybridized carbons (Fsp3) is 0.700. The molecule has 3 rings (SSSR count). The highest BCUT2D eigenvalue weighted by Gasteiger charge is 2.58. The van der Waals surface area contributed by atoms with Gasteiger partial charge in [-0.25, -0.2) is 0 Å². The summed E-state index contributed by atoms with van der Waals surface area (Å²) in [5.41, 5.74) is 1.98. The molecule has 2 nitrogen and oxygen atoms in total. The van der Waals surface area contributed by atoms with Crippen molar-refractivity contribution in [3.05, 3.63) is 11.1 Å². The first-order chi connectivity index (χ1) is 5.46. The lowest BCUT2D eigenvalue weighted by Crippen LogP contribution is -2.57. The van der Waals surface area contributed by atoms with Crippen LogP contribution in [0.15, 0.2) is 11.1 Å². The van der Waals surface area contributed by atoms with Crippen LogP contribution in [0.4, 0.5) is 0 Å². The van der Waals surface area contributed by atoms with Gasteiger partial charge in [0.05, 0.1) is 12.0 Å². The third-order valence-electron chi connectivity index (χ3n) is 3.28. The SMILES string of the molecule is CC1=C2C(=O)C([C@H](O)C1)C2(C)C. The molecule has 0 amide bonds. The Morgan fingerprint density at radius 2 is 2.08 bits per heavy atom. The van der Waals surface area contributed by atoms with Gasteiger partial charge in [-0.2, -0.15) is 0 Å². The van der Waals surface area contributed by atoms with Gasteiger partial charge in [-0.1, -0.05) is 19.4 Å². The summed E-state index contributed by atoms with van der Waals surface area (Å²) >= 11 is 0. The minimum Gasteiger partial charge on any atom is -0.392 e. The van der Waals surface area contributed by atoms with Gasteiger partial charge in [0.15, 0.2) is 5.78 Å². The zero-order chi connectivity index (χ0) is 9.09. The molecule has 2 heteroatoms. The van der Waals surface area contributed by atoms with E-state index in [9.17, 15) is 9.90 Å². The molecule has 0 aromatic heterocycles. The average molecular weight is 166 g/mol. The lowest BCUT2D eigenvalue weighted by Gasteiger charge is -2.52. The van der Waals surface area contributed by atoms with Gasteiger partial charge in [-0.3, -0.25) is 4.79 Å². The van der Waals surface area contributed by atoms with E-state index in [1.165, 1.54) is 0 Å². The molecular weight excluding hydrogens is 152 g/mol. The van der Waals surface area contributed by atoms with Crippen LogP contribution in [0.1, 0.15) is 27.2 Å². The molecule has 1 saturated carbocycles. The molecule has 2 atom stereocenters. The summed E-state index contributed by atoms with van der Waals surface area (Å²) in [6.07, 6.45) is 0.250. The molecule has 2 bridgehead atoms. The number of rotatable bonds is 0. The van der Waals surface area contributed by atoms with Gasteiger partial charge in [-0.05, 0) is 13.3 Å². The number of aliphatic hydroxyl groups excluding tert-OH is 1. The smallest absolute Gasteiger partial charge is 0.165 e. The van der Waals surface area contributed by atoms with E-state index in [1.807, 2.05) is 20.8 Å². The van der Waals surface area contributed by atoms with Crippen LogP contribution in [-0.4, -0.2) is 17.0 Å². The van der Waals surface area contributed by atoms with Crippen LogP contribution in [0.3, 0.4) is 0 Å². The van der Waals surface area contributed by atoms with Crippen LogP contribution in [0.5, 0.6) is 0 Å². The molecule has 0 spiro atoms. The van der Waals surface area contributed by atoms with E-state index >= 15 is 0 Å². The predicted molar refractivity (Wildman–Crippen MR) is 45.6 cm³/mol. The van der Waals surface area contributed by atoms with E-state index in [1.54, 1.807) is 0 Å². The van der Waals surface area contributed by atoms with Gasteiger partial charge in [0, 0.05) is 11.0 Å². The normalized spacial score (nSPS) is 38.2. The van der Waals surface area contributed by atoms with E-state index < -0.39 is 6.10 Å². The molecular formula is C10H14O2. The fourth-order valence-corrected chi connectivity index (χ4v) is 2.83. The topological polar surface area (TPSA) is 37.3 Å². The fourth-order valence-electron chi connectivity index (χ4n) is 2.83. The molecule has 3 aliphatic carbocycles. The average Bonchev–Trinajstić information content (AvgIpc) is 1.81. The lowest BCUT2D eigenvalue weighted by atomic mass is 9.50. The molecule has 0 aromatic rings. The monoisotopic (exact) mass is 166 g/mol. The summed E-state index contributed by atoms with van der Waals surface area (Å²) in [6.45, 7) is 6.04. The first-order valence-corrected chi connectivity index (χ1v) is 4.38. The Morgan fingerprint density at radius 1 is 1.50 bits per heavy atom. The second-order valence-corrected chi connectivity index (χ2v) is 4.49.